The van der Waals surface area contributed by atoms with Crippen molar-refractivity contribution in [2.24, 2.45) is 5.92 Å². The van der Waals surface area contributed by atoms with Gasteiger partial charge in [0.2, 0.25) is 0 Å². The zero-order chi connectivity index (χ0) is 24.1. The number of rotatable bonds is 9. The summed E-state index contributed by atoms with van der Waals surface area (Å²) in [6.45, 7) is 7.13. The number of benzene rings is 1. The summed E-state index contributed by atoms with van der Waals surface area (Å²) < 4.78 is 34.2. The molecule has 2 aliphatic rings. The lowest BCUT2D eigenvalue weighted by Gasteiger charge is -2.36. The van der Waals surface area contributed by atoms with Crippen molar-refractivity contribution in [2.75, 3.05) is 49.0 Å². The molecule has 0 amide bonds. The van der Waals surface area contributed by atoms with E-state index in [2.05, 4.69) is 19.5 Å². The molecule has 3 heterocycles. The zero-order valence-electron chi connectivity index (χ0n) is 19.4. The van der Waals surface area contributed by atoms with E-state index in [1.807, 2.05) is 6.92 Å². The Kier molecular flexibility index (Phi) is 7.57. The molecule has 2 aromatic rings. The van der Waals surface area contributed by atoms with Gasteiger partial charge in [0.1, 0.15) is 5.75 Å². The van der Waals surface area contributed by atoms with Crippen LogP contribution in [0.25, 0.3) is 0 Å². The molecule has 1 aromatic carbocycles. The maximum absolute atomic E-state index is 13.1. The number of nitrogens with one attached hydrogen (secondary N) is 1. The predicted molar refractivity (Wildman–Crippen MR) is 130 cm³/mol. The van der Waals surface area contributed by atoms with Crippen LogP contribution in [0.5, 0.6) is 5.75 Å². The highest BCUT2D eigenvalue weighted by molar-refractivity contribution is 7.92. The Bertz CT molecular complexity index is 1100. The monoisotopic (exact) mass is 488 g/mol. The summed E-state index contributed by atoms with van der Waals surface area (Å²) >= 11 is 0. The molecule has 0 radical (unpaired) electrons. The zero-order valence-corrected chi connectivity index (χ0v) is 20.3. The van der Waals surface area contributed by atoms with Crippen LogP contribution in [0, 0.1) is 5.92 Å². The van der Waals surface area contributed by atoms with Gasteiger partial charge >= 0.3 is 5.97 Å². The lowest BCUT2D eigenvalue weighted by atomic mass is 9.97. The standard InChI is InChI=1S/C24H32N4O5S/c1-2-33-20-7-9-21(10-8-20)34(31,32)26-22-14-19(24(29)30)15-25-23(22)28-13-5-6-18(17-28)16-27-11-3-4-12-27/h7-10,14-15,18,26H,2-6,11-13,16-17H2,1H3,(H,29,30). The Morgan fingerprint density at radius 1 is 1.18 bits per heavy atom. The minimum Gasteiger partial charge on any atom is -0.494 e. The second-order valence-corrected chi connectivity index (χ2v) is 10.6. The molecule has 0 saturated carbocycles. The summed E-state index contributed by atoms with van der Waals surface area (Å²) in [5, 5.41) is 9.46. The Morgan fingerprint density at radius 2 is 1.91 bits per heavy atom. The largest absolute Gasteiger partial charge is 0.494 e. The summed E-state index contributed by atoms with van der Waals surface area (Å²) in [5.74, 6) is 0.342. The molecule has 2 N–H and O–H groups in total. The molecule has 1 aromatic heterocycles. The van der Waals surface area contributed by atoms with Gasteiger partial charge in [-0.3, -0.25) is 4.72 Å². The fraction of sp³-hybridized carbons (Fsp3) is 0.500. The van der Waals surface area contributed by atoms with Gasteiger partial charge in [0.25, 0.3) is 10.0 Å². The van der Waals surface area contributed by atoms with E-state index >= 15 is 0 Å². The number of pyridine rings is 1. The molecule has 4 rings (SSSR count). The lowest BCUT2D eigenvalue weighted by Crippen LogP contribution is -2.41. The van der Waals surface area contributed by atoms with Crippen LogP contribution < -0.4 is 14.4 Å². The van der Waals surface area contributed by atoms with Gasteiger partial charge in [-0.05, 0) is 81.9 Å². The molecule has 2 saturated heterocycles. The van der Waals surface area contributed by atoms with Crippen LogP contribution in [0.1, 0.15) is 43.0 Å². The summed E-state index contributed by atoms with van der Waals surface area (Å²) in [5.41, 5.74) is 0.106. The Morgan fingerprint density at radius 3 is 2.59 bits per heavy atom. The highest BCUT2D eigenvalue weighted by atomic mass is 32.2. The smallest absolute Gasteiger partial charge is 0.337 e. The van der Waals surface area contributed by atoms with Gasteiger partial charge in [-0.25, -0.2) is 18.2 Å². The first-order chi connectivity index (χ1) is 16.4. The first kappa shape index (κ1) is 24.3. The van der Waals surface area contributed by atoms with Crippen molar-refractivity contribution < 1.29 is 23.1 Å². The molecule has 0 aliphatic carbocycles. The fourth-order valence-corrected chi connectivity index (χ4v) is 5.78. The van der Waals surface area contributed by atoms with E-state index in [1.165, 1.54) is 37.2 Å². The lowest BCUT2D eigenvalue weighted by molar-refractivity contribution is 0.0696. The van der Waals surface area contributed by atoms with Crippen LogP contribution in [0.4, 0.5) is 11.5 Å². The molecular weight excluding hydrogens is 456 g/mol. The van der Waals surface area contributed by atoms with Gasteiger partial charge in [-0.2, -0.15) is 0 Å². The number of ether oxygens (including phenoxy) is 1. The summed E-state index contributed by atoms with van der Waals surface area (Å²) in [4.78, 5) is 20.6. The molecular formula is C24H32N4O5S. The van der Waals surface area contributed by atoms with Crippen molar-refractivity contribution in [2.45, 2.75) is 37.5 Å². The van der Waals surface area contributed by atoms with E-state index in [9.17, 15) is 18.3 Å². The molecule has 0 bridgehead atoms. The van der Waals surface area contributed by atoms with Crippen molar-refractivity contribution in [3.8, 4) is 5.75 Å². The first-order valence-electron chi connectivity index (χ1n) is 11.8. The molecule has 1 atom stereocenters. The van der Waals surface area contributed by atoms with E-state index < -0.39 is 16.0 Å². The van der Waals surface area contributed by atoms with Crippen LogP contribution in [-0.2, 0) is 10.0 Å². The maximum atomic E-state index is 13.1. The number of hydrogen-bond donors (Lipinski definition) is 2. The predicted octanol–water partition coefficient (Wildman–Crippen LogP) is 3.29. The van der Waals surface area contributed by atoms with Gasteiger partial charge in [-0.1, -0.05) is 0 Å². The van der Waals surface area contributed by atoms with Gasteiger partial charge in [0, 0.05) is 25.8 Å². The quantitative estimate of drug-likeness (QED) is 0.553. The van der Waals surface area contributed by atoms with E-state index in [0.29, 0.717) is 24.1 Å². The van der Waals surface area contributed by atoms with Crippen LogP contribution in [0.3, 0.4) is 0 Å². The van der Waals surface area contributed by atoms with Crippen LogP contribution in [-0.4, -0.2) is 68.7 Å². The number of piperidine rings is 1. The fourth-order valence-electron chi connectivity index (χ4n) is 4.72. The average Bonchev–Trinajstić information content (AvgIpc) is 3.32. The number of hydrogen-bond acceptors (Lipinski definition) is 7. The van der Waals surface area contributed by atoms with Crippen molar-refractivity contribution in [1.82, 2.24) is 9.88 Å². The number of carboxylic acid groups (broad SMARTS) is 1. The van der Waals surface area contributed by atoms with Crippen LogP contribution in [0.15, 0.2) is 41.4 Å². The van der Waals surface area contributed by atoms with Crippen LogP contribution in [0.2, 0.25) is 0 Å². The van der Waals surface area contributed by atoms with Gasteiger partial charge in [0.05, 0.1) is 22.8 Å². The summed E-state index contributed by atoms with van der Waals surface area (Å²) in [7, 11) is -3.95. The van der Waals surface area contributed by atoms with Gasteiger partial charge in [-0.15, -0.1) is 0 Å². The minimum absolute atomic E-state index is 0.0631. The Labute approximate surface area is 200 Å². The highest BCUT2D eigenvalue weighted by Gasteiger charge is 2.27. The average molecular weight is 489 g/mol. The second-order valence-electron chi connectivity index (χ2n) is 8.87. The summed E-state index contributed by atoms with van der Waals surface area (Å²) in [6.07, 6.45) is 5.87. The normalized spacial score (nSPS) is 19.2. The Balaban J connectivity index is 1.58. The van der Waals surface area contributed by atoms with Crippen LogP contribution >= 0.6 is 0 Å². The van der Waals surface area contributed by atoms with Crippen molar-refractivity contribution in [3.05, 3.63) is 42.1 Å². The molecule has 2 aliphatic heterocycles. The second kappa shape index (κ2) is 10.6. The van der Waals surface area contributed by atoms with Crippen molar-refractivity contribution >= 4 is 27.5 Å². The number of likely N-dealkylation sites (tertiary alicyclic amines) is 1. The molecule has 1 unspecified atom stereocenters. The number of carbonyl (C=O) groups is 1. The SMILES string of the molecule is CCOc1ccc(S(=O)(=O)Nc2cc(C(=O)O)cnc2N2CCCC(CN3CCCC3)C2)cc1. The molecule has 9 nitrogen and oxygen atoms in total. The topological polar surface area (TPSA) is 112 Å². The third kappa shape index (κ3) is 5.79. The van der Waals surface area contributed by atoms with E-state index in [0.717, 1.165) is 45.6 Å². The first-order valence-corrected chi connectivity index (χ1v) is 13.3. The van der Waals surface area contributed by atoms with Gasteiger partial charge < -0.3 is 19.6 Å². The maximum Gasteiger partial charge on any atom is 0.337 e. The minimum atomic E-state index is -3.95. The van der Waals surface area contributed by atoms with Crippen molar-refractivity contribution in [1.29, 1.82) is 0 Å². The number of nitrogens with zero attached hydrogens (tertiary/aromatic N) is 3. The molecule has 184 valence electrons. The third-order valence-electron chi connectivity index (χ3n) is 6.34. The number of anilines is 2. The van der Waals surface area contributed by atoms with E-state index in [1.54, 1.807) is 12.1 Å². The molecule has 10 heteroatoms. The van der Waals surface area contributed by atoms with E-state index in [-0.39, 0.29) is 16.1 Å². The number of aromatic carboxylic acids is 1. The highest BCUT2D eigenvalue weighted by Crippen LogP contribution is 2.31. The summed E-state index contributed by atoms with van der Waals surface area (Å²) in [6, 6.07) is 7.47. The molecule has 34 heavy (non-hydrogen) atoms. The number of carboxylic acids is 1. The molecule has 0 spiro atoms. The Hall–Kier alpha value is -2.85. The van der Waals surface area contributed by atoms with E-state index in [4.69, 9.17) is 4.74 Å². The van der Waals surface area contributed by atoms with Gasteiger partial charge in [0.15, 0.2) is 5.82 Å². The number of aromatic nitrogens is 1. The third-order valence-corrected chi connectivity index (χ3v) is 7.72. The number of sulfonamides is 1. The molecule has 2 fully saturated rings. The van der Waals surface area contributed by atoms with Crippen molar-refractivity contribution in [3.63, 3.8) is 0 Å².